The van der Waals surface area contributed by atoms with Gasteiger partial charge in [-0.1, -0.05) is 19.8 Å². The molecule has 0 bridgehead atoms. The van der Waals surface area contributed by atoms with Crippen LogP contribution in [-0.4, -0.2) is 37.0 Å². The van der Waals surface area contributed by atoms with E-state index in [2.05, 4.69) is 24.1 Å². The first-order chi connectivity index (χ1) is 8.79. The molecule has 104 valence electrons. The van der Waals surface area contributed by atoms with Gasteiger partial charge >= 0.3 is 0 Å². The number of aliphatic imine (C=N–C) groups is 1. The highest BCUT2D eigenvalue weighted by Crippen LogP contribution is 2.41. The van der Waals surface area contributed by atoms with E-state index in [4.69, 9.17) is 4.99 Å². The van der Waals surface area contributed by atoms with E-state index >= 15 is 0 Å². The second-order valence-electron chi connectivity index (χ2n) is 5.92. The average Bonchev–Trinajstić information content (AvgIpc) is 3.06. The van der Waals surface area contributed by atoms with Crippen LogP contribution in [0.3, 0.4) is 0 Å². The van der Waals surface area contributed by atoms with E-state index < -0.39 is 0 Å². The summed E-state index contributed by atoms with van der Waals surface area (Å²) in [5, 5.41) is 3.47. The van der Waals surface area contributed by atoms with E-state index in [1.165, 1.54) is 58.0 Å². The summed E-state index contributed by atoms with van der Waals surface area (Å²) in [6.07, 6.45) is 9.51. The van der Waals surface area contributed by atoms with Crippen molar-refractivity contribution in [3.05, 3.63) is 0 Å². The third kappa shape index (κ3) is 3.18. The summed E-state index contributed by atoms with van der Waals surface area (Å²) >= 11 is 0. The molecule has 1 saturated heterocycles. The molecular weight excluding hydrogens is 222 g/mol. The van der Waals surface area contributed by atoms with Gasteiger partial charge in [0.15, 0.2) is 5.96 Å². The van der Waals surface area contributed by atoms with Crippen LogP contribution in [0.2, 0.25) is 0 Å². The molecule has 18 heavy (non-hydrogen) atoms. The van der Waals surface area contributed by atoms with Gasteiger partial charge in [-0.25, -0.2) is 0 Å². The number of hydrogen-bond acceptors (Lipinski definition) is 1. The first-order valence-electron chi connectivity index (χ1n) is 7.83. The molecule has 0 spiro atoms. The highest BCUT2D eigenvalue weighted by molar-refractivity contribution is 5.80. The van der Waals surface area contributed by atoms with Crippen molar-refractivity contribution in [1.82, 2.24) is 10.2 Å². The van der Waals surface area contributed by atoms with Crippen LogP contribution in [0, 0.1) is 5.41 Å². The number of guanidine groups is 1. The molecular formula is C15H29N3. The van der Waals surface area contributed by atoms with Gasteiger partial charge in [0.1, 0.15) is 0 Å². The van der Waals surface area contributed by atoms with Gasteiger partial charge in [-0.2, -0.15) is 0 Å². The Morgan fingerprint density at radius 2 is 1.78 bits per heavy atom. The number of nitrogens with zero attached hydrogens (tertiary/aromatic N) is 2. The zero-order chi connectivity index (χ0) is 12.8. The van der Waals surface area contributed by atoms with Crippen molar-refractivity contribution < 1.29 is 0 Å². The summed E-state index contributed by atoms with van der Waals surface area (Å²) < 4.78 is 0. The third-order valence-corrected chi connectivity index (χ3v) is 4.72. The van der Waals surface area contributed by atoms with Crippen LogP contribution >= 0.6 is 0 Å². The van der Waals surface area contributed by atoms with Crippen molar-refractivity contribution in [2.45, 2.75) is 58.8 Å². The van der Waals surface area contributed by atoms with Crippen molar-refractivity contribution in [2.75, 3.05) is 26.2 Å². The minimum atomic E-state index is 0.514. The molecule has 3 heteroatoms. The van der Waals surface area contributed by atoms with Gasteiger partial charge in [0.05, 0.1) is 0 Å². The molecule has 1 heterocycles. The molecule has 1 aliphatic carbocycles. The van der Waals surface area contributed by atoms with Crippen LogP contribution < -0.4 is 5.32 Å². The van der Waals surface area contributed by atoms with E-state index in [1.807, 2.05) is 0 Å². The second-order valence-corrected chi connectivity index (χ2v) is 5.92. The predicted molar refractivity (Wildman–Crippen MR) is 78.0 cm³/mol. The number of hydrogen-bond donors (Lipinski definition) is 1. The Morgan fingerprint density at radius 3 is 2.33 bits per heavy atom. The maximum atomic E-state index is 4.95. The predicted octanol–water partition coefficient (Wildman–Crippen LogP) is 3.02. The summed E-state index contributed by atoms with van der Waals surface area (Å²) in [5.74, 6) is 1.16. The number of likely N-dealkylation sites (tertiary alicyclic amines) is 1. The normalized spacial score (nSPS) is 23.7. The van der Waals surface area contributed by atoms with Crippen molar-refractivity contribution >= 4 is 5.96 Å². The van der Waals surface area contributed by atoms with Crippen LogP contribution in [0.5, 0.6) is 0 Å². The lowest BCUT2D eigenvalue weighted by molar-refractivity contribution is 0.295. The Hall–Kier alpha value is -0.730. The molecule has 1 saturated carbocycles. The van der Waals surface area contributed by atoms with Crippen LogP contribution in [0.15, 0.2) is 4.99 Å². The van der Waals surface area contributed by atoms with Gasteiger partial charge in [0.25, 0.3) is 0 Å². The lowest BCUT2D eigenvalue weighted by atomic mass is 9.84. The lowest BCUT2D eigenvalue weighted by Gasteiger charge is -2.27. The first kappa shape index (κ1) is 13.7. The topological polar surface area (TPSA) is 27.6 Å². The molecule has 0 unspecified atom stereocenters. The van der Waals surface area contributed by atoms with Gasteiger partial charge < -0.3 is 10.2 Å². The van der Waals surface area contributed by atoms with E-state index in [0.717, 1.165) is 19.0 Å². The smallest absolute Gasteiger partial charge is 0.193 e. The van der Waals surface area contributed by atoms with E-state index in [0.29, 0.717) is 5.41 Å². The molecule has 2 aliphatic rings. The van der Waals surface area contributed by atoms with Crippen molar-refractivity contribution in [1.29, 1.82) is 0 Å². The van der Waals surface area contributed by atoms with Crippen LogP contribution in [0.25, 0.3) is 0 Å². The monoisotopic (exact) mass is 251 g/mol. The summed E-state index contributed by atoms with van der Waals surface area (Å²) in [6, 6.07) is 0. The highest BCUT2D eigenvalue weighted by Gasteiger charge is 2.32. The minimum Gasteiger partial charge on any atom is -0.357 e. The molecule has 2 fully saturated rings. The molecule has 0 aromatic carbocycles. The van der Waals surface area contributed by atoms with Gasteiger partial charge in [0.2, 0.25) is 0 Å². The molecule has 0 radical (unpaired) electrons. The molecule has 0 atom stereocenters. The standard InChI is InChI=1S/C15H29N3/c1-3-15(9-5-6-10-15)13-17-14(16-4-2)18-11-7-8-12-18/h3-13H2,1-2H3,(H,16,17). The highest BCUT2D eigenvalue weighted by atomic mass is 15.3. The average molecular weight is 251 g/mol. The Morgan fingerprint density at radius 1 is 1.11 bits per heavy atom. The van der Waals surface area contributed by atoms with E-state index in [-0.39, 0.29) is 0 Å². The first-order valence-corrected chi connectivity index (χ1v) is 7.83. The maximum Gasteiger partial charge on any atom is 0.193 e. The molecule has 1 N–H and O–H groups in total. The fourth-order valence-corrected chi connectivity index (χ4v) is 3.35. The van der Waals surface area contributed by atoms with Crippen LogP contribution in [0.1, 0.15) is 58.8 Å². The Labute approximate surface area is 112 Å². The minimum absolute atomic E-state index is 0.514. The van der Waals surface area contributed by atoms with E-state index in [1.54, 1.807) is 0 Å². The maximum absolute atomic E-state index is 4.95. The van der Waals surface area contributed by atoms with Gasteiger partial charge in [-0.3, -0.25) is 4.99 Å². The van der Waals surface area contributed by atoms with Crippen LogP contribution in [0.4, 0.5) is 0 Å². The fourth-order valence-electron chi connectivity index (χ4n) is 3.35. The largest absolute Gasteiger partial charge is 0.357 e. The van der Waals surface area contributed by atoms with E-state index in [9.17, 15) is 0 Å². The summed E-state index contributed by atoms with van der Waals surface area (Å²) in [6.45, 7) is 8.88. The van der Waals surface area contributed by atoms with Crippen molar-refractivity contribution in [3.63, 3.8) is 0 Å². The third-order valence-electron chi connectivity index (χ3n) is 4.72. The SMILES string of the molecule is CCNC(=NCC1(CC)CCCC1)N1CCCC1. The van der Waals surface area contributed by atoms with Gasteiger partial charge in [0, 0.05) is 26.2 Å². The summed E-state index contributed by atoms with van der Waals surface area (Å²) in [5.41, 5.74) is 0.514. The Balaban J connectivity index is 1.98. The lowest BCUT2D eigenvalue weighted by Crippen LogP contribution is -2.40. The molecule has 0 aromatic rings. The second kappa shape index (κ2) is 6.44. The van der Waals surface area contributed by atoms with Gasteiger partial charge in [-0.15, -0.1) is 0 Å². The quantitative estimate of drug-likeness (QED) is 0.614. The van der Waals surface area contributed by atoms with Crippen LogP contribution in [-0.2, 0) is 0 Å². The summed E-state index contributed by atoms with van der Waals surface area (Å²) in [7, 11) is 0. The Bertz CT molecular complexity index is 273. The molecule has 0 aromatic heterocycles. The number of rotatable bonds is 4. The number of nitrogens with one attached hydrogen (secondary N) is 1. The Kier molecular flexibility index (Phi) is 4.90. The fraction of sp³-hybridized carbons (Fsp3) is 0.933. The van der Waals surface area contributed by atoms with Crippen molar-refractivity contribution in [2.24, 2.45) is 10.4 Å². The molecule has 1 aliphatic heterocycles. The molecule has 0 amide bonds. The summed E-state index contributed by atoms with van der Waals surface area (Å²) in [4.78, 5) is 7.38. The zero-order valence-electron chi connectivity index (χ0n) is 12.2. The molecule has 2 rings (SSSR count). The molecule has 3 nitrogen and oxygen atoms in total. The zero-order valence-corrected chi connectivity index (χ0v) is 12.2. The van der Waals surface area contributed by atoms with Crippen molar-refractivity contribution in [3.8, 4) is 0 Å². The van der Waals surface area contributed by atoms with Gasteiger partial charge in [-0.05, 0) is 44.4 Å².